The number of amides is 1. The maximum atomic E-state index is 11.4. The van der Waals surface area contributed by atoms with E-state index in [9.17, 15) is 4.79 Å². The van der Waals surface area contributed by atoms with Crippen molar-refractivity contribution >= 4 is 16.7 Å². The van der Waals surface area contributed by atoms with Crippen molar-refractivity contribution in [2.75, 3.05) is 7.05 Å². The van der Waals surface area contributed by atoms with E-state index in [0.717, 1.165) is 10.9 Å². The van der Waals surface area contributed by atoms with Crippen molar-refractivity contribution in [1.29, 1.82) is 0 Å². The molecule has 1 atom stereocenters. The van der Waals surface area contributed by atoms with Gasteiger partial charge < -0.3 is 10.6 Å². The highest BCUT2D eigenvalue weighted by atomic mass is 16.2. The van der Waals surface area contributed by atoms with Gasteiger partial charge in [-0.2, -0.15) is 0 Å². The van der Waals surface area contributed by atoms with Crippen molar-refractivity contribution in [1.82, 2.24) is 15.6 Å². The van der Waals surface area contributed by atoms with Crippen LogP contribution in [-0.4, -0.2) is 24.0 Å². The van der Waals surface area contributed by atoms with Gasteiger partial charge in [-0.05, 0) is 17.9 Å². The highest BCUT2D eigenvalue weighted by Crippen LogP contribution is 2.16. The Balaban J connectivity index is 2.15. The number of fused-ring (bicyclic) bond motifs is 1. The van der Waals surface area contributed by atoms with Crippen molar-refractivity contribution in [3.8, 4) is 0 Å². The van der Waals surface area contributed by atoms with Gasteiger partial charge in [0.25, 0.3) is 0 Å². The number of nitrogens with one attached hydrogen (secondary N) is 2. The SMILES string of the molecule is CNC(=O)C(C)NCc1cncc2ccccc12. The second-order valence-electron chi connectivity index (χ2n) is 4.24. The molecule has 1 unspecified atom stereocenters. The van der Waals surface area contributed by atoms with Gasteiger partial charge in [-0.25, -0.2) is 0 Å². The molecule has 0 aliphatic rings. The monoisotopic (exact) mass is 243 g/mol. The Kier molecular flexibility index (Phi) is 3.89. The van der Waals surface area contributed by atoms with Crippen LogP contribution in [0.5, 0.6) is 0 Å². The highest BCUT2D eigenvalue weighted by molar-refractivity contribution is 5.84. The molecule has 0 fully saturated rings. The van der Waals surface area contributed by atoms with Crippen molar-refractivity contribution in [2.45, 2.75) is 19.5 Å². The lowest BCUT2D eigenvalue weighted by Gasteiger charge is -2.13. The molecule has 2 rings (SSSR count). The van der Waals surface area contributed by atoms with Gasteiger partial charge in [-0.15, -0.1) is 0 Å². The molecule has 0 bridgehead atoms. The molecule has 1 heterocycles. The lowest BCUT2D eigenvalue weighted by atomic mass is 10.1. The van der Waals surface area contributed by atoms with E-state index in [1.54, 1.807) is 7.05 Å². The zero-order chi connectivity index (χ0) is 13.0. The van der Waals surface area contributed by atoms with E-state index < -0.39 is 0 Å². The predicted octanol–water partition coefficient (Wildman–Crippen LogP) is 1.46. The minimum absolute atomic E-state index is 0.0109. The Bertz CT molecular complexity index is 548. The van der Waals surface area contributed by atoms with E-state index in [2.05, 4.69) is 21.7 Å². The zero-order valence-corrected chi connectivity index (χ0v) is 10.6. The molecule has 1 aromatic heterocycles. The smallest absolute Gasteiger partial charge is 0.236 e. The molecule has 0 saturated carbocycles. The van der Waals surface area contributed by atoms with E-state index in [1.807, 2.05) is 37.5 Å². The standard InChI is InChI=1S/C14H17N3O/c1-10(14(18)15-2)17-9-12-8-16-7-11-5-3-4-6-13(11)12/h3-8,10,17H,9H2,1-2H3,(H,15,18). The van der Waals surface area contributed by atoms with Crippen LogP contribution in [0.2, 0.25) is 0 Å². The molecule has 0 aliphatic carbocycles. The number of likely N-dealkylation sites (N-methyl/N-ethyl adjacent to an activating group) is 1. The minimum Gasteiger partial charge on any atom is -0.358 e. The van der Waals surface area contributed by atoms with Gasteiger partial charge in [0.1, 0.15) is 0 Å². The third kappa shape index (κ3) is 2.65. The molecule has 94 valence electrons. The number of nitrogens with zero attached hydrogens (tertiary/aromatic N) is 1. The Labute approximate surface area is 106 Å². The first-order valence-electron chi connectivity index (χ1n) is 5.99. The van der Waals surface area contributed by atoms with Gasteiger partial charge in [0.05, 0.1) is 6.04 Å². The maximum absolute atomic E-state index is 11.4. The first-order chi connectivity index (χ1) is 8.72. The van der Waals surface area contributed by atoms with Crippen molar-refractivity contribution in [3.05, 3.63) is 42.2 Å². The summed E-state index contributed by atoms with van der Waals surface area (Å²) in [5.41, 5.74) is 1.10. The zero-order valence-electron chi connectivity index (χ0n) is 10.6. The summed E-state index contributed by atoms with van der Waals surface area (Å²) in [6.45, 7) is 2.47. The summed E-state index contributed by atoms with van der Waals surface area (Å²) in [5, 5.41) is 8.10. The molecule has 0 saturated heterocycles. The second-order valence-corrected chi connectivity index (χ2v) is 4.24. The molecular weight excluding hydrogens is 226 g/mol. The van der Waals surface area contributed by atoms with Gasteiger partial charge in [-0.3, -0.25) is 9.78 Å². The Hall–Kier alpha value is -1.94. The van der Waals surface area contributed by atoms with E-state index in [-0.39, 0.29) is 11.9 Å². The molecule has 4 nitrogen and oxygen atoms in total. The normalized spacial score (nSPS) is 12.3. The molecule has 1 aromatic carbocycles. The average molecular weight is 243 g/mol. The maximum Gasteiger partial charge on any atom is 0.236 e. The summed E-state index contributed by atoms with van der Waals surface area (Å²) in [6.07, 6.45) is 3.69. The summed E-state index contributed by atoms with van der Waals surface area (Å²) in [5.74, 6) is -0.0109. The van der Waals surface area contributed by atoms with E-state index in [1.165, 1.54) is 5.39 Å². The number of benzene rings is 1. The van der Waals surface area contributed by atoms with Crippen LogP contribution >= 0.6 is 0 Å². The fourth-order valence-electron chi connectivity index (χ4n) is 1.89. The molecule has 4 heteroatoms. The van der Waals surface area contributed by atoms with Crippen LogP contribution in [0, 0.1) is 0 Å². The Morgan fingerprint density at radius 3 is 2.89 bits per heavy atom. The Morgan fingerprint density at radius 2 is 2.11 bits per heavy atom. The van der Waals surface area contributed by atoms with Crippen molar-refractivity contribution in [2.24, 2.45) is 0 Å². The summed E-state index contributed by atoms with van der Waals surface area (Å²) in [4.78, 5) is 15.6. The summed E-state index contributed by atoms with van der Waals surface area (Å²) < 4.78 is 0. The van der Waals surface area contributed by atoms with Crippen LogP contribution in [0.3, 0.4) is 0 Å². The molecule has 0 aliphatic heterocycles. The predicted molar refractivity (Wildman–Crippen MR) is 72.1 cm³/mol. The molecule has 2 N–H and O–H groups in total. The number of aromatic nitrogens is 1. The summed E-state index contributed by atoms with van der Waals surface area (Å²) >= 11 is 0. The Morgan fingerprint density at radius 1 is 1.33 bits per heavy atom. The number of pyridine rings is 1. The molecule has 1 amide bonds. The number of carbonyl (C=O) groups excluding carboxylic acids is 1. The number of hydrogen-bond acceptors (Lipinski definition) is 3. The minimum atomic E-state index is -0.214. The van der Waals surface area contributed by atoms with Crippen LogP contribution in [0.4, 0.5) is 0 Å². The van der Waals surface area contributed by atoms with E-state index in [4.69, 9.17) is 0 Å². The molecule has 2 aromatic rings. The second kappa shape index (κ2) is 5.60. The third-order valence-electron chi connectivity index (χ3n) is 2.99. The van der Waals surface area contributed by atoms with Crippen LogP contribution < -0.4 is 10.6 Å². The first kappa shape index (κ1) is 12.5. The van der Waals surface area contributed by atoms with Crippen molar-refractivity contribution < 1.29 is 4.79 Å². The van der Waals surface area contributed by atoms with Crippen LogP contribution in [-0.2, 0) is 11.3 Å². The van der Waals surface area contributed by atoms with E-state index >= 15 is 0 Å². The fourth-order valence-corrected chi connectivity index (χ4v) is 1.89. The lowest BCUT2D eigenvalue weighted by Crippen LogP contribution is -2.40. The average Bonchev–Trinajstić information content (AvgIpc) is 2.43. The highest BCUT2D eigenvalue weighted by Gasteiger charge is 2.10. The summed E-state index contributed by atoms with van der Waals surface area (Å²) in [7, 11) is 1.64. The number of carbonyl (C=O) groups is 1. The van der Waals surface area contributed by atoms with Gasteiger partial charge in [0.15, 0.2) is 0 Å². The summed E-state index contributed by atoms with van der Waals surface area (Å²) in [6, 6.07) is 7.89. The quantitative estimate of drug-likeness (QED) is 0.854. The van der Waals surface area contributed by atoms with Gasteiger partial charge >= 0.3 is 0 Å². The van der Waals surface area contributed by atoms with Gasteiger partial charge in [0, 0.05) is 31.4 Å². The number of hydrogen-bond donors (Lipinski definition) is 2. The number of rotatable bonds is 4. The van der Waals surface area contributed by atoms with Crippen molar-refractivity contribution in [3.63, 3.8) is 0 Å². The van der Waals surface area contributed by atoms with Crippen LogP contribution in [0.1, 0.15) is 12.5 Å². The first-order valence-corrected chi connectivity index (χ1v) is 5.99. The lowest BCUT2D eigenvalue weighted by molar-refractivity contribution is -0.122. The van der Waals surface area contributed by atoms with Gasteiger partial charge in [0.2, 0.25) is 5.91 Å². The van der Waals surface area contributed by atoms with Crippen LogP contribution in [0.15, 0.2) is 36.7 Å². The van der Waals surface area contributed by atoms with Gasteiger partial charge in [-0.1, -0.05) is 24.3 Å². The third-order valence-corrected chi connectivity index (χ3v) is 2.99. The topological polar surface area (TPSA) is 54.0 Å². The molecular formula is C14H17N3O. The fraction of sp³-hybridized carbons (Fsp3) is 0.286. The van der Waals surface area contributed by atoms with E-state index in [0.29, 0.717) is 6.54 Å². The molecule has 0 spiro atoms. The van der Waals surface area contributed by atoms with Crippen LogP contribution in [0.25, 0.3) is 10.8 Å². The molecule has 18 heavy (non-hydrogen) atoms. The molecule has 0 radical (unpaired) electrons. The largest absolute Gasteiger partial charge is 0.358 e.